The molecule has 0 aromatic heterocycles. The molecule has 2 nitrogen and oxygen atoms in total. The number of benzene rings is 1. The number of nitrogens with one attached hydrogen (secondary N) is 1. The predicted molar refractivity (Wildman–Crippen MR) is 92.9 cm³/mol. The minimum atomic E-state index is 0.438. The fraction of sp³-hybridized carbons (Fsp3) is 0.667. The molecule has 118 valence electrons. The molecule has 2 rings (SSSR count). The maximum absolute atomic E-state index is 5.59. The number of halogens is 1. The van der Waals surface area contributed by atoms with Crippen molar-refractivity contribution in [3.8, 4) is 5.75 Å². The van der Waals surface area contributed by atoms with E-state index in [-0.39, 0.29) is 0 Å². The van der Waals surface area contributed by atoms with Gasteiger partial charge in [-0.1, -0.05) is 54.1 Å². The molecule has 1 fully saturated rings. The summed E-state index contributed by atoms with van der Waals surface area (Å²) in [6.07, 6.45) is 9.64. The van der Waals surface area contributed by atoms with Gasteiger partial charge in [-0.2, -0.15) is 0 Å². The topological polar surface area (TPSA) is 21.3 Å². The second-order valence-corrected chi connectivity index (χ2v) is 6.84. The van der Waals surface area contributed by atoms with Gasteiger partial charge >= 0.3 is 0 Å². The van der Waals surface area contributed by atoms with Crippen LogP contribution in [-0.2, 0) is 0 Å². The second kappa shape index (κ2) is 8.79. The van der Waals surface area contributed by atoms with Crippen LogP contribution in [0, 0.1) is 5.92 Å². The summed E-state index contributed by atoms with van der Waals surface area (Å²) in [7, 11) is 2.09. The van der Waals surface area contributed by atoms with Crippen LogP contribution in [0.5, 0.6) is 5.75 Å². The minimum absolute atomic E-state index is 0.438. The maximum Gasteiger partial charge on any atom is 0.120 e. The monoisotopic (exact) mass is 353 g/mol. The third kappa shape index (κ3) is 4.72. The van der Waals surface area contributed by atoms with E-state index in [0.29, 0.717) is 12.6 Å². The van der Waals surface area contributed by atoms with Crippen molar-refractivity contribution in [3.63, 3.8) is 0 Å². The molecule has 1 atom stereocenters. The highest BCUT2D eigenvalue weighted by Crippen LogP contribution is 2.37. The van der Waals surface area contributed by atoms with Crippen molar-refractivity contribution in [2.75, 3.05) is 13.7 Å². The van der Waals surface area contributed by atoms with Crippen LogP contribution in [0.2, 0.25) is 0 Å². The first-order valence-electron chi connectivity index (χ1n) is 8.35. The summed E-state index contributed by atoms with van der Waals surface area (Å²) in [5.41, 5.74) is 1.37. The molecule has 0 heterocycles. The van der Waals surface area contributed by atoms with Crippen LogP contribution in [0.4, 0.5) is 0 Å². The Balaban J connectivity index is 2.15. The zero-order valence-electron chi connectivity index (χ0n) is 13.3. The molecule has 21 heavy (non-hydrogen) atoms. The lowest BCUT2D eigenvalue weighted by atomic mass is 9.83. The van der Waals surface area contributed by atoms with Gasteiger partial charge in [0.1, 0.15) is 5.75 Å². The lowest BCUT2D eigenvalue weighted by molar-refractivity contribution is 0.298. The summed E-state index contributed by atoms with van der Waals surface area (Å²) in [6, 6.07) is 6.85. The molecular weight excluding hydrogens is 326 g/mol. The van der Waals surface area contributed by atoms with Crippen molar-refractivity contribution in [2.45, 2.75) is 57.9 Å². The van der Waals surface area contributed by atoms with E-state index in [1.54, 1.807) is 0 Å². The van der Waals surface area contributed by atoms with Gasteiger partial charge in [0.15, 0.2) is 0 Å². The van der Waals surface area contributed by atoms with Crippen LogP contribution in [0.25, 0.3) is 0 Å². The van der Waals surface area contributed by atoms with Gasteiger partial charge in [-0.05, 0) is 50.4 Å². The minimum Gasteiger partial charge on any atom is -0.494 e. The Morgan fingerprint density at radius 2 is 1.86 bits per heavy atom. The van der Waals surface area contributed by atoms with Crippen molar-refractivity contribution in [1.82, 2.24) is 5.32 Å². The third-order valence-corrected chi connectivity index (χ3v) is 5.24. The fourth-order valence-corrected chi connectivity index (χ4v) is 4.09. The van der Waals surface area contributed by atoms with Gasteiger partial charge in [-0.3, -0.25) is 0 Å². The Hall–Kier alpha value is -0.540. The van der Waals surface area contributed by atoms with Crippen LogP contribution in [0.1, 0.15) is 63.5 Å². The van der Waals surface area contributed by atoms with E-state index in [1.807, 2.05) is 6.92 Å². The van der Waals surface area contributed by atoms with Gasteiger partial charge in [0.25, 0.3) is 0 Å². The van der Waals surface area contributed by atoms with Crippen LogP contribution in [-0.4, -0.2) is 13.7 Å². The molecule has 1 aromatic rings. The van der Waals surface area contributed by atoms with Crippen molar-refractivity contribution in [3.05, 3.63) is 28.2 Å². The highest BCUT2D eigenvalue weighted by atomic mass is 79.9. The Morgan fingerprint density at radius 1 is 1.19 bits per heavy atom. The number of hydrogen-bond acceptors (Lipinski definition) is 2. The molecule has 0 radical (unpaired) electrons. The predicted octanol–water partition coefficient (Wildman–Crippen LogP) is 5.47. The van der Waals surface area contributed by atoms with E-state index in [0.717, 1.165) is 16.1 Å². The van der Waals surface area contributed by atoms with E-state index in [4.69, 9.17) is 4.74 Å². The zero-order chi connectivity index (χ0) is 15.1. The molecule has 0 aliphatic heterocycles. The van der Waals surface area contributed by atoms with Gasteiger partial charge in [0.05, 0.1) is 6.61 Å². The molecular formula is C18H28BrNO. The normalized spacial score (nSPS) is 18.8. The Kier molecular flexibility index (Phi) is 7.05. The number of hydrogen-bond donors (Lipinski definition) is 1. The summed E-state index contributed by atoms with van der Waals surface area (Å²) in [5, 5.41) is 3.56. The van der Waals surface area contributed by atoms with E-state index in [9.17, 15) is 0 Å². The van der Waals surface area contributed by atoms with Crippen molar-refractivity contribution < 1.29 is 4.74 Å². The lowest BCUT2D eigenvalue weighted by Gasteiger charge is -2.29. The average Bonchev–Trinajstić information content (AvgIpc) is 2.43. The Labute approximate surface area is 137 Å². The van der Waals surface area contributed by atoms with Crippen LogP contribution in [0.3, 0.4) is 0 Å². The average molecular weight is 354 g/mol. The first-order valence-corrected chi connectivity index (χ1v) is 9.15. The highest BCUT2D eigenvalue weighted by molar-refractivity contribution is 9.10. The summed E-state index contributed by atoms with van der Waals surface area (Å²) in [4.78, 5) is 0. The molecule has 3 heteroatoms. The van der Waals surface area contributed by atoms with E-state index >= 15 is 0 Å². The molecule has 1 N–H and O–H groups in total. The van der Waals surface area contributed by atoms with Crippen LogP contribution in [0.15, 0.2) is 22.7 Å². The highest BCUT2D eigenvalue weighted by Gasteiger charge is 2.24. The molecule has 0 spiro atoms. The molecule has 1 unspecified atom stereocenters. The van der Waals surface area contributed by atoms with Crippen molar-refractivity contribution in [1.29, 1.82) is 0 Å². The second-order valence-electron chi connectivity index (χ2n) is 5.99. The SMILES string of the molecule is CCOc1ccc(C(NC)C2CCCCCCC2)c(Br)c1. The van der Waals surface area contributed by atoms with Gasteiger partial charge in [-0.25, -0.2) is 0 Å². The van der Waals surface area contributed by atoms with Gasteiger partial charge in [0, 0.05) is 10.5 Å². The summed E-state index contributed by atoms with van der Waals surface area (Å²) < 4.78 is 6.75. The molecule has 0 saturated heterocycles. The Morgan fingerprint density at radius 3 is 2.43 bits per heavy atom. The smallest absolute Gasteiger partial charge is 0.120 e. The van der Waals surface area contributed by atoms with Gasteiger partial charge < -0.3 is 10.1 Å². The lowest BCUT2D eigenvalue weighted by Crippen LogP contribution is -2.26. The Bertz CT molecular complexity index is 427. The summed E-state index contributed by atoms with van der Waals surface area (Å²) in [6.45, 7) is 2.73. The molecule has 1 aromatic carbocycles. The molecule has 1 aliphatic carbocycles. The van der Waals surface area contributed by atoms with Crippen LogP contribution < -0.4 is 10.1 Å². The quantitative estimate of drug-likeness (QED) is 0.757. The standard InChI is InChI=1S/C18H28BrNO/c1-3-21-15-11-12-16(17(19)13-15)18(20-2)14-9-7-5-4-6-8-10-14/h11-14,18,20H,3-10H2,1-2H3. The maximum atomic E-state index is 5.59. The molecule has 1 saturated carbocycles. The van der Waals surface area contributed by atoms with E-state index in [1.165, 1.54) is 50.5 Å². The van der Waals surface area contributed by atoms with Crippen LogP contribution >= 0.6 is 15.9 Å². The number of ether oxygens (including phenoxy) is 1. The summed E-state index contributed by atoms with van der Waals surface area (Å²) in [5.74, 6) is 1.69. The van der Waals surface area contributed by atoms with Crippen molar-refractivity contribution in [2.24, 2.45) is 5.92 Å². The first-order chi connectivity index (χ1) is 10.3. The fourth-order valence-electron chi connectivity index (χ4n) is 3.48. The third-order valence-electron chi connectivity index (χ3n) is 4.55. The van der Waals surface area contributed by atoms with Crippen molar-refractivity contribution >= 4 is 15.9 Å². The largest absolute Gasteiger partial charge is 0.494 e. The first kappa shape index (κ1) is 16.8. The van der Waals surface area contributed by atoms with E-state index < -0.39 is 0 Å². The molecule has 1 aliphatic rings. The number of rotatable bonds is 5. The zero-order valence-corrected chi connectivity index (χ0v) is 14.9. The van der Waals surface area contributed by atoms with E-state index in [2.05, 4.69) is 46.5 Å². The molecule has 0 bridgehead atoms. The van der Waals surface area contributed by atoms with Gasteiger partial charge in [0.2, 0.25) is 0 Å². The van der Waals surface area contributed by atoms with Gasteiger partial charge in [-0.15, -0.1) is 0 Å². The summed E-state index contributed by atoms with van der Waals surface area (Å²) >= 11 is 3.74. The molecule has 0 amide bonds.